The monoisotopic (exact) mass is 1170 g/mol. The molecule has 11 heteroatoms. The van der Waals surface area contributed by atoms with E-state index >= 15 is 0 Å². The number of hydrogen-bond acceptors (Lipinski definition) is 10. The fraction of sp³-hybridized carbons (Fsp3) is 0.958. The van der Waals surface area contributed by atoms with E-state index in [0.29, 0.717) is 19.3 Å². The van der Waals surface area contributed by atoms with Crippen LogP contribution in [0.3, 0.4) is 0 Å². The van der Waals surface area contributed by atoms with Crippen LogP contribution in [-0.4, -0.2) is 110 Å². The van der Waals surface area contributed by atoms with E-state index in [1.54, 1.807) is 0 Å². The summed E-state index contributed by atoms with van der Waals surface area (Å²) in [7, 11) is 0. The van der Waals surface area contributed by atoms with Crippen molar-refractivity contribution < 1.29 is 50.0 Å². The first-order chi connectivity index (χ1) is 40.2. The fourth-order valence-corrected chi connectivity index (χ4v) is 12.0. The predicted molar refractivity (Wildman–Crippen MR) is 344 cm³/mol. The molecule has 0 spiro atoms. The first-order valence-electron chi connectivity index (χ1n) is 36.1. The van der Waals surface area contributed by atoms with E-state index in [0.717, 1.165) is 38.5 Å². The standard InChI is InChI=1S/C71H139NO10/c1-3-5-7-9-11-13-15-17-19-21-23-25-27-29-31-32-33-35-37-39-41-43-45-47-49-51-53-55-57-59-64(75)70(80)72-62(61-81-71-69(79)68(78)67(77)65(60-73)82-71)66(76)63(74)58-56-54-52-50-48-46-44-42-40-38-36-34-30-28-26-24-22-20-18-16-14-12-10-8-6-4-2/h29,31,62-69,71,73-79H,3-28,30,32-61H2,1-2H3,(H,72,80)/b31-29-. The minimum Gasteiger partial charge on any atom is -0.394 e. The van der Waals surface area contributed by atoms with Gasteiger partial charge in [0, 0.05) is 0 Å². The normalized spacial score (nSPS) is 19.1. The number of amides is 1. The lowest BCUT2D eigenvalue weighted by molar-refractivity contribution is -0.303. The van der Waals surface area contributed by atoms with Gasteiger partial charge in [0.15, 0.2) is 6.29 Å². The van der Waals surface area contributed by atoms with Crippen LogP contribution in [0.15, 0.2) is 12.2 Å². The van der Waals surface area contributed by atoms with E-state index in [2.05, 4.69) is 31.3 Å². The van der Waals surface area contributed by atoms with Crippen LogP contribution in [-0.2, 0) is 14.3 Å². The van der Waals surface area contributed by atoms with E-state index in [1.807, 2.05) is 0 Å². The molecule has 1 fully saturated rings. The summed E-state index contributed by atoms with van der Waals surface area (Å²) in [6.07, 6.45) is 62.9. The zero-order chi connectivity index (χ0) is 59.6. The zero-order valence-electron chi connectivity index (χ0n) is 54.0. The number of nitrogens with one attached hydrogen (secondary N) is 1. The summed E-state index contributed by atoms with van der Waals surface area (Å²) >= 11 is 0. The highest BCUT2D eigenvalue weighted by atomic mass is 16.7. The molecule has 0 bridgehead atoms. The average molecular weight is 1170 g/mol. The lowest BCUT2D eigenvalue weighted by Gasteiger charge is -2.40. The Morgan fingerprint density at radius 3 is 1.02 bits per heavy atom. The van der Waals surface area contributed by atoms with Gasteiger partial charge in [0.2, 0.25) is 5.91 Å². The Hall–Kier alpha value is -1.15. The summed E-state index contributed by atoms with van der Waals surface area (Å²) in [6.45, 7) is 3.53. The molecule has 1 rings (SSSR count). The number of carbonyl (C=O) groups excluding carboxylic acids is 1. The number of aliphatic hydroxyl groups excluding tert-OH is 7. The van der Waals surface area contributed by atoms with Gasteiger partial charge in [0.05, 0.1) is 25.4 Å². The van der Waals surface area contributed by atoms with Crippen molar-refractivity contribution >= 4 is 5.91 Å². The van der Waals surface area contributed by atoms with Crippen molar-refractivity contribution in [3.63, 3.8) is 0 Å². The van der Waals surface area contributed by atoms with Crippen molar-refractivity contribution in [2.24, 2.45) is 0 Å². The second kappa shape index (κ2) is 60.1. The zero-order valence-corrected chi connectivity index (χ0v) is 54.0. The Bertz CT molecular complexity index is 1340. The summed E-state index contributed by atoms with van der Waals surface area (Å²) in [5.74, 6) is -0.689. The quantitative estimate of drug-likeness (QED) is 0.0215. The third-order valence-electron chi connectivity index (χ3n) is 17.8. The molecule has 0 saturated carbocycles. The van der Waals surface area contributed by atoms with Crippen molar-refractivity contribution in [2.75, 3.05) is 13.2 Å². The third-order valence-corrected chi connectivity index (χ3v) is 17.8. The molecular formula is C71H139NO10. The van der Waals surface area contributed by atoms with Crippen LogP contribution in [0, 0.1) is 0 Å². The summed E-state index contributed by atoms with van der Waals surface area (Å²) in [5.41, 5.74) is 0. The van der Waals surface area contributed by atoms with Gasteiger partial charge in [-0.25, -0.2) is 0 Å². The molecule has 82 heavy (non-hydrogen) atoms. The molecule has 1 amide bonds. The molecule has 1 heterocycles. The largest absolute Gasteiger partial charge is 0.394 e. The van der Waals surface area contributed by atoms with E-state index in [1.165, 1.54) is 289 Å². The fourth-order valence-electron chi connectivity index (χ4n) is 12.0. The number of hydrogen-bond donors (Lipinski definition) is 8. The Morgan fingerprint density at radius 1 is 0.415 bits per heavy atom. The molecule has 488 valence electrons. The number of allylic oxidation sites excluding steroid dienone is 2. The van der Waals surface area contributed by atoms with Crippen molar-refractivity contribution in [1.82, 2.24) is 5.32 Å². The van der Waals surface area contributed by atoms with Gasteiger partial charge in [-0.15, -0.1) is 0 Å². The van der Waals surface area contributed by atoms with Crippen molar-refractivity contribution in [3.8, 4) is 0 Å². The molecule has 11 nitrogen and oxygen atoms in total. The van der Waals surface area contributed by atoms with E-state index in [4.69, 9.17) is 9.47 Å². The molecule has 1 aliphatic rings. The van der Waals surface area contributed by atoms with Crippen molar-refractivity contribution in [1.29, 1.82) is 0 Å². The Kier molecular flexibility index (Phi) is 57.8. The van der Waals surface area contributed by atoms with Gasteiger partial charge >= 0.3 is 0 Å². The van der Waals surface area contributed by atoms with Gasteiger partial charge < -0.3 is 50.5 Å². The summed E-state index contributed by atoms with van der Waals surface area (Å²) in [4.78, 5) is 13.3. The topological polar surface area (TPSA) is 189 Å². The molecule has 9 unspecified atom stereocenters. The third kappa shape index (κ3) is 47.0. The van der Waals surface area contributed by atoms with Crippen molar-refractivity contribution in [3.05, 3.63) is 12.2 Å². The van der Waals surface area contributed by atoms with Crippen LogP contribution < -0.4 is 5.32 Å². The highest BCUT2D eigenvalue weighted by molar-refractivity contribution is 5.80. The molecule has 0 aliphatic carbocycles. The van der Waals surface area contributed by atoms with E-state index in [9.17, 15) is 40.5 Å². The molecule has 1 aliphatic heterocycles. The number of unbranched alkanes of at least 4 members (excludes halogenated alkanes) is 50. The molecule has 0 aromatic rings. The maximum atomic E-state index is 13.3. The Balaban J connectivity index is 2.18. The minimum atomic E-state index is -1.66. The molecular weight excluding hydrogens is 1030 g/mol. The summed E-state index contributed by atoms with van der Waals surface area (Å²) < 4.78 is 11.2. The smallest absolute Gasteiger partial charge is 0.249 e. The number of aliphatic hydroxyl groups is 7. The summed E-state index contributed by atoms with van der Waals surface area (Å²) in [6, 6.07) is -1.17. The van der Waals surface area contributed by atoms with Crippen LogP contribution in [0.25, 0.3) is 0 Å². The van der Waals surface area contributed by atoms with Crippen LogP contribution in [0.4, 0.5) is 0 Å². The molecule has 0 aromatic heterocycles. The van der Waals surface area contributed by atoms with Gasteiger partial charge in [0.1, 0.15) is 36.6 Å². The maximum absolute atomic E-state index is 13.3. The van der Waals surface area contributed by atoms with Gasteiger partial charge in [0.25, 0.3) is 0 Å². The van der Waals surface area contributed by atoms with Gasteiger partial charge in [-0.05, 0) is 38.5 Å². The van der Waals surface area contributed by atoms with Crippen LogP contribution >= 0.6 is 0 Å². The average Bonchev–Trinajstić information content (AvgIpc) is 3.49. The summed E-state index contributed by atoms with van der Waals surface area (Å²) in [5, 5.41) is 76.6. The predicted octanol–water partition coefficient (Wildman–Crippen LogP) is 17.4. The maximum Gasteiger partial charge on any atom is 0.249 e. The number of carbonyl (C=O) groups is 1. The Morgan fingerprint density at radius 2 is 0.707 bits per heavy atom. The molecule has 0 radical (unpaired) electrons. The molecule has 0 aromatic carbocycles. The number of ether oxygens (including phenoxy) is 2. The lowest BCUT2D eigenvalue weighted by Crippen LogP contribution is -2.60. The highest BCUT2D eigenvalue weighted by Gasteiger charge is 2.44. The van der Waals surface area contributed by atoms with Gasteiger partial charge in [-0.2, -0.15) is 0 Å². The second-order valence-electron chi connectivity index (χ2n) is 25.7. The van der Waals surface area contributed by atoms with E-state index in [-0.39, 0.29) is 6.42 Å². The first-order valence-corrected chi connectivity index (χ1v) is 36.1. The highest BCUT2D eigenvalue weighted by Crippen LogP contribution is 2.24. The molecule has 8 N–H and O–H groups in total. The van der Waals surface area contributed by atoms with Gasteiger partial charge in [-0.3, -0.25) is 4.79 Å². The van der Waals surface area contributed by atoms with Crippen LogP contribution in [0.2, 0.25) is 0 Å². The molecule has 9 atom stereocenters. The second-order valence-corrected chi connectivity index (χ2v) is 25.7. The molecule has 1 saturated heterocycles. The van der Waals surface area contributed by atoms with Crippen molar-refractivity contribution in [2.45, 2.75) is 422 Å². The van der Waals surface area contributed by atoms with E-state index < -0.39 is 74.2 Å². The van der Waals surface area contributed by atoms with Gasteiger partial charge in [-0.1, -0.05) is 341 Å². The Labute approximate surface area is 506 Å². The first kappa shape index (κ1) is 78.9. The minimum absolute atomic E-state index is 0.264. The lowest BCUT2D eigenvalue weighted by atomic mass is 9.98. The van der Waals surface area contributed by atoms with Crippen LogP contribution in [0.1, 0.15) is 367 Å². The SMILES string of the molecule is CCCCCCCCCCCCCC/C=C\CCCCCCCCCCCCCCCC(O)C(=O)NC(COC1OC(CO)C(O)C(O)C1O)C(O)C(O)CCCCCCCCCCCCCCCCCCCCCCCCCCCC. The van der Waals surface area contributed by atoms with Crippen LogP contribution in [0.5, 0.6) is 0 Å². The number of rotatable bonds is 64.